The number of carbonyl (C=O) groups is 1. The van der Waals surface area contributed by atoms with Gasteiger partial charge in [0, 0.05) is 5.56 Å². The molecule has 0 aliphatic rings. The zero-order valence-corrected chi connectivity index (χ0v) is 5.93. The first-order valence-corrected chi connectivity index (χ1v) is 3.48. The Morgan fingerprint density at radius 3 is 2.30 bits per heavy atom. The van der Waals surface area contributed by atoms with Gasteiger partial charge >= 0.3 is 0 Å². The fourth-order valence-electron chi connectivity index (χ4n) is 0.622. The quantitative estimate of drug-likeness (QED) is 0.578. The molecule has 1 rings (SSSR count). The summed E-state index contributed by atoms with van der Waals surface area (Å²) in [5, 5.41) is -0.430. The Bertz CT molecular complexity index is 220. The Morgan fingerprint density at radius 2 is 1.80 bits per heavy atom. The minimum atomic E-state index is -0.430. The third-order valence-electron chi connectivity index (χ3n) is 1.09. The molecule has 0 bridgehead atoms. The zero-order valence-electron chi connectivity index (χ0n) is 5.11. The highest BCUT2D eigenvalue weighted by Crippen LogP contribution is 2.07. The maximum atomic E-state index is 10.7. The van der Waals surface area contributed by atoms with Gasteiger partial charge < -0.3 is 0 Å². The van der Waals surface area contributed by atoms with Crippen molar-refractivity contribution in [3.63, 3.8) is 0 Å². The van der Waals surface area contributed by atoms with Crippen molar-refractivity contribution in [3.8, 4) is 0 Å². The van der Waals surface area contributed by atoms with Gasteiger partial charge in [0.25, 0.3) is 0 Å². The fourth-order valence-corrected chi connectivity index (χ4v) is 0.855. The van der Waals surface area contributed by atoms with Gasteiger partial charge in [-0.1, -0.05) is 30.3 Å². The van der Waals surface area contributed by atoms with E-state index in [0.717, 1.165) is 0 Å². The Hall–Kier alpha value is -0.800. The molecule has 2 nitrogen and oxygen atoms in total. The Kier molecular flexibility index (Phi) is 2.48. The summed E-state index contributed by atoms with van der Waals surface area (Å²) >= 11 is -0.0110. The van der Waals surface area contributed by atoms with Crippen LogP contribution in [0.1, 0.15) is 10.4 Å². The summed E-state index contributed by atoms with van der Waals surface area (Å²) in [6.07, 6.45) is 0. The van der Waals surface area contributed by atoms with Crippen molar-refractivity contribution in [1.82, 2.24) is 0 Å². The number of hydrogen-bond acceptors (Lipinski definition) is 2. The zero-order chi connectivity index (χ0) is 7.40. The summed E-state index contributed by atoms with van der Waals surface area (Å²) in [6.45, 7) is 0. The lowest BCUT2D eigenvalue weighted by atomic mass is 10.2. The molecule has 0 spiro atoms. The van der Waals surface area contributed by atoms with Crippen molar-refractivity contribution in [3.05, 3.63) is 35.9 Å². The van der Waals surface area contributed by atoms with Crippen molar-refractivity contribution in [2.75, 3.05) is 0 Å². The first-order chi connectivity index (χ1) is 4.84. The Balaban J connectivity index is 2.85. The maximum Gasteiger partial charge on any atom is 0.249 e. The molecule has 1 aromatic carbocycles. The molecule has 0 aliphatic heterocycles. The molecule has 1 radical (unpaired) electrons. The standard InChI is InChI=1S/C7H5O2S/c8-7(10-9)6-4-2-1-3-5-6/h1-5H. The van der Waals surface area contributed by atoms with E-state index in [1.807, 2.05) is 0 Å². The normalized spacial score (nSPS) is 9.30. The molecule has 0 aromatic heterocycles. The molecular formula is C7H5O2S. The predicted octanol–water partition coefficient (Wildman–Crippen LogP) is 1.91. The van der Waals surface area contributed by atoms with Crippen molar-refractivity contribution in [2.45, 2.75) is 0 Å². The molecule has 0 heterocycles. The van der Waals surface area contributed by atoms with E-state index in [1.165, 1.54) is 0 Å². The molecule has 0 saturated carbocycles. The monoisotopic (exact) mass is 153 g/mol. The highest BCUT2D eigenvalue weighted by Gasteiger charge is 2.02. The lowest BCUT2D eigenvalue weighted by molar-refractivity contribution is 0.108. The minimum Gasteiger partial charge on any atom is -0.279 e. The number of carbonyl (C=O) groups excluding carboxylic acids is 1. The number of benzene rings is 1. The molecule has 0 aliphatic carbocycles. The average Bonchev–Trinajstić information content (AvgIpc) is 2.05. The second-order valence-corrected chi connectivity index (χ2v) is 2.27. The SMILES string of the molecule is [O]SC(=O)c1ccccc1. The van der Waals surface area contributed by atoms with Gasteiger partial charge in [0.2, 0.25) is 5.12 Å². The van der Waals surface area contributed by atoms with Crippen molar-refractivity contribution < 1.29 is 9.35 Å². The van der Waals surface area contributed by atoms with Crippen LogP contribution in [0.5, 0.6) is 0 Å². The van der Waals surface area contributed by atoms with Crippen LogP contribution in [0.25, 0.3) is 0 Å². The van der Waals surface area contributed by atoms with Crippen LogP contribution in [0, 0.1) is 0 Å². The molecule has 0 amide bonds. The summed E-state index contributed by atoms with van der Waals surface area (Å²) < 4.78 is 10.00. The predicted molar refractivity (Wildman–Crippen MR) is 39.1 cm³/mol. The van der Waals surface area contributed by atoms with Crippen LogP contribution in [0.15, 0.2) is 30.3 Å². The van der Waals surface area contributed by atoms with Crippen LogP contribution in [0.3, 0.4) is 0 Å². The molecule has 51 valence electrons. The van der Waals surface area contributed by atoms with Crippen molar-refractivity contribution in [1.29, 1.82) is 0 Å². The number of hydrogen-bond donors (Lipinski definition) is 0. The summed E-state index contributed by atoms with van der Waals surface area (Å²) in [5.41, 5.74) is 0.461. The van der Waals surface area contributed by atoms with Crippen LogP contribution in [-0.2, 0) is 4.55 Å². The van der Waals surface area contributed by atoms with Gasteiger partial charge in [0.1, 0.15) is 12.0 Å². The van der Waals surface area contributed by atoms with E-state index in [0.29, 0.717) is 5.56 Å². The largest absolute Gasteiger partial charge is 0.279 e. The third-order valence-corrected chi connectivity index (χ3v) is 1.47. The molecule has 1 aromatic rings. The van der Waals surface area contributed by atoms with Crippen LogP contribution >= 0.6 is 12.0 Å². The molecule has 0 saturated heterocycles. The summed E-state index contributed by atoms with van der Waals surface area (Å²) in [6, 6.07) is 8.49. The highest BCUT2D eigenvalue weighted by molar-refractivity contribution is 8.09. The van der Waals surface area contributed by atoms with Gasteiger partial charge in [0.15, 0.2) is 0 Å². The molecule has 0 fully saturated rings. The smallest absolute Gasteiger partial charge is 0.249 e. The van der Waals surface area contributed by atoms with Gasteiger partial charge in [-0.25, -0.2) is 0 Å². The van der Waals surface area contributed by atoms with Crippen molar-refractivity contribution in [2.24, 2.45) is 0 Å². The van der Waals surface area contributed by atoms with E-state index in [4.69, 9.17) is 0 Å². The Labute approximate surface area is 63.1 Å². The highest BCUT2D eigenvalue weighted by atomic mass is 32.2. The second kappa shape index (κ2) is 3.39. The second-order valence-electron chi connectivity index (χ2n) is 1.74. The van der Waals surface area contributed by atoms with Crippen LogP contribution < -0.4 is 0 Å². The van der Waals surface area contributed by atoms with Gasteiger partial charge in [-0.15, -0.1) is 4.55 Å². The van der Waals surface area contributed by atoms with E-state index in [-0.39, 0.29) is 12.0 Å². The van der Waals surface area contributed by atoms with E-state index < -0.39 is 5.12 Å². The topological polar surface area (TPSA) is 37.0 Å². The van der Waals surface area contributed by atoms with Gasteiger partial charge in [-0.2, -0.15) is 0 Å². The van der Waals surface area contributed by atoms with E-state index in [1.54, 1.807) is 30.3 Å². The van der Waals surface area contributed by atoms with Gasteiger partial charge in [-0.05, 0) is 0 Å². The molecule has 0 N–H and O–H groups in total. The average molecular weight is 153 g/mol. The molecule has 0 unspecified atom stereocenters. The van der Waals surface area contributed by atoms with Crippen LogP contribution in [0.2, 0.25) is 0 Å². The summed E-state index contributed by atoms with van der Waals surface area (Å²) in [7, 11) is 0. The fraction of sp³-hybridized carbons (Fsp3) is 0. The molecule has 0 atom stereocenters. The van der Waals surface area contributed by atoms with Gasteiger partial charge in [0.05, 0.1) is 0 Å². The first-order valence-electron chi connectivity index (χ1n) is 2.74. The molecular weight excluding hydrogens is 148 g/mol. The van der Waals surface area contributed by atoms with Crippen LogP contribution in [0.4, 0.5) is 0 Å². The third kappa shape index (κ3) is 1.59. The number of rotatable bonds is 1. The van der Waals surface area contributed by atoms with E-state index in [9.17, 15) is 9.35 Å². The van der Waals surface area contributed by atoms with E-state index >= 15 is 0 Å². The van der Waals surface area contributed by atoms with E-state index in [2.05, 4.69) is 0 Å². The molecule has 10 heavy (non-hydrogen) atoms. The van der Waals surface area contributed by atoms with Gasteiger partial charge in [-0.3, -0.25) is 4.79 Å². The summed E-state index contributed by atoms with van der Waals surface area (Å²) in [4.78, 5) is 10.7. The minimum absolute atomic E-state index is 0.0110. The lowest BCUT2D eigenvalue weighted by Crippen LogP contribution is -1.89. The summed E-state index contributed by atoms with van der Waals surface area (Å²) in [5.74, 6) is 0. The van der Waals surface area contributed by atoms with Crippen molar-refractivity contribution >= 4 is 17.2 Å². The first kappa shape index (κ1) is 7.31. The maximum absolute atomic E-state index is 10.7. The van der Waals surface area contributed by atoms with Crippen LogP contribution in [-0.4, -0.2) is 5.12 Å². The lowest BCUT2D eigenvalue weighted by Gasteiger charge is -1.90. The molecule has 3 heteroatoms. The Morgan fingerprint density at radius 1 is 1.20 bits per heavy atom.